The number of thiocarbonyl (C=S) groups is 1. The maximum atomic E-state index is 13.0. The predicted octanol–water partition coefficient (Wildman–Crippen LogP) is 6.35. The lowest BCUT2D eigenvalue weighted by Crippen LogP contribution is -2.47. The highest BCUT2D eigenvalue weighted by Crippen LogP contribution is 2.36. The molecule has 6 heteroatoms. The van der Waals surface area contributed by atoms with E-state index in [0.717, 1.165) is 28.5 Å². The standard InChI is InChI=1S/C26H29NO3S2/c1-6-16(2)22(24(29)30)27-23(28)21(32-25(27)31)15-17-7-9-18(10-8-17)19-11-13-20(14-12-19)26(3,4)5/h7-16,22H,6H2,1-5H3,(H,29,30)/b21-15-/t16-,22+/m1/s1. The Balaban J connectivity index is 1.81. The smallest absolute Gasteiger partial charge is 0.327 e. The molecule has 1 amide bonds. The molecule has 2 atom stereocenters. The van der Waals surface area contributed by atoms with Crippen molar-refractivity contribution < 1.29 is 14.7 Å². The summed E-state index contributed by atoms with van der Waals surface area (Å²) in [5, 5.41) is 9.66. The van der Waals surface area contributed by atoms with Crippen molar-refractivity contribution in [3.63, 3.8) is 0 Å². The number of hydrogen-bond donors (Lipinski definition) is 1. The summed E-state index contributed by atoms with van der Waals surface area (Å²) >= 11 is 6.52. The lowest BCUT2D eigenvalue weighted by molar-refractivity contribution is -0.147. The van der Waals surface area contributed by atoms with E-state index >= 15 is 0 Å². The number of thioether (sulfide) groups is 1. The van der Waals surface area contributed by atoms with Gasteiger partial charge in [-0.25, -0.2) is 4.79 Å². The number of nitrogens with zero attached hydrogens (tertiary/aromatic N) is 1. The molecule has 0 aromatic heterocycles. The summed E-state index contributed by atoms with van der Waals surface area (Å²) in [6.07, 6.45) is 2.42. The molecule has 4 nitrogen and oxygen atoms in total. The fraction of sp³-hybridized carbons (Fsp3) is 0.346. The molecule has 1 N–H and O–H groups in total. The van der Waals surface area contributed by atoms with Crippen molar-refractivity contribution in [3.8, 4) is 11.1 Å². The van der Waals surface area contributed by atoms with Crippen molar-refractivity contribution >= 4 is 46.3 Å². The van der Waals surface area contributed by atoms with Crippen LogP contribution in [0.2, 0.25) is 0 Å². The first kappa shape index (κ1) is 24.2. The average molecular weight is 468 g/mol. The monoisotopic (exact) mass is 467 g/mol. The minimum atomic E-state index is -1.03. The summed E-state index contributed by atoms with van der Waals surface area (Å²) in [6.45, 7) is 10.3. The van der Waals surface area contributed by atoms with Gasteiger partial charge in [-0.2, -0.15) is 0 Å². The Morgan fingerprint density at radius 1 is 1.09 bits per heavy atom. The average Bonchev–Trinajstić information content (AvgIpc) is 3.01. The molecule has 0 radical (unpaired) electrons. The van der Waals surface area contributed by atoms with E-state index in [1.807, 2.05) is 38.1 Å². The molecule has 0 aliphatic carbocycles. The molecule has 0 bridgehead atoms. The number of carboxylic acids is 1. The summed E-state index contributed by atoms with van der Waals surface area (Å²) in [7, 11) is 0. The number of carbonyl (C=O) groups excluding carboxylic acids is 1. The van der Waals surface area contributed by atoms with Crippen molar-refractivity contribution in [2.75, 3.05) is 0 Å². The van der Waals surface area contributed by atoms with Crippen LogP contribution in [0.5, 0.6) is 0 Å². The third-order valence-corrected chi connectivity index (χ3v) is 7.16. The normalized spacial score (nSPS) is 17.7. The minimum absolute atomic E-state index is 0.114. The van der Waals surface area contributed by atoms with Gasteiger partial charge in [-0.3, -0.25) is 9.69 Å². The highest BCUT2D eigenvalue weighted by atomic mass is 32.2. The number of benzene rings is 2. The summed E-state index contributed by atoms with van der Waals surface area (Å²) in [5.41, 5.74) is 4.50. The van der Waals surface area contributed by atoms with Crippen LogP contribution >= 0.6 is 24.0 Å². The van der Waals surface area contributed by atoms with Gasteiger partial charge in [-0.1, -0.05) is 114 Å². The first-order valence-corrected chi connectivity index (χ1v) is 12.0. The topological polar surface area (TPSA) is 57.6 Å². The molecular formula is C26H29NO3S2. The first-order valence-electron chi connectivity index (χ1n) is 10.7. The third kappa shape index (κ3) is 5.13. The van der Waals surface area contributed by atoms with E-state index in [0.29, 0.717) is 15.6 Å². The Bertz CT molecular complexity index is 1050. The number of carbonyl (C=O) groups is 2. The van der Waals surface area contributed by atoms with Gasteiger partial charge in [-0.15, -0.1) is 0 Å². The van der Waals surface area contributed by atoms with Crippen molar-refractivity contribution in [2.24, 2.45) is 5.92 Å². The van der Waals surface area contributed by atoms with Crippen LogP contribution in [0, 0.1) is 5.92 Å². The van der Waals surface area contributed by atoms with Crippen LogP contribution in [0.4, 0.5) is 0 Å². The van der Waals surface area contributed by atoms with Crippen LogP contribution < -0.4 is 0 Å². The summed E-state index contributed by atoms with van der Waals surface area (Å²) in [6, 6.07) is 15.6. The van der Waals surface area contributed by atoms with E-state index in [1.165, 1.54) is 10.5 Å². The fourth-order valence-electron chi connectivity index (χ4n) is 3.64. The van der Waals surface area contributed by atoms with E-state index in [-0.39, 0.29) is 17.2 Å². The zero-order chi connectivity index (χ0) is 23.6. The van der Waals surface area contributed by atoms with Gasteiger partial charge in [0.2, 0.25) is 0 Å². The number of carboxylic acid groups (broad SMARTS) is 1. The Morgan fingerprint density at radius 2 is 1.62 bits per heavy atom. The van der Waals surface area contributed by atoms with Gasteiger partial charge < -0.3 is 5.11 Å². The number of hydrogen-bond acceptors (Lipinski definition) is 4. The third-order valence-electron chi connectivity index (χ3n) is 5.83. The van der Waals surface area contributed by atoms with E-state index in [2.05, 4.69) is 45.0 Å². The zero-order valence-electron chi connectivity index (χ0n) is 19.1. The Morgan fingerprint density at radius 3 is 2.09 bits per heavy atom. The second-order valence-electron chi connectivity index (χ2n) is 9.17. The second kappa shape index (κ2) is 9.59. The van der Waals surface area contributed by atoms with Crippen molar-refractivity contribution in [1.82, 2.24) is 4.90 Å². The summed E-state index contributed by atoms with van der Waals surface area (Å²) in [4.78, 5) is 26.5. The molecule has 1 aliphatic heterocycles. The van der Waals surface area contributed by atoms with Gasteiger partial charge in [0.15, 0.2) is 0 Å². The molecule has 1 saturated heterocycles. The molecular weight excluding hydrogens is 438 g/mol. The van der Waals surface area contributed by atoms with Gasteiger partial charge in [0.25, 0.3) is 5.91 Å². The molecule has 1 aliphatic rings. The minimum Gasteiger partial charge on any atom is -0.480 e. The quantitative estimate of drug-likeness (QED) is 0.396. The van der Waals surface area contributed by atoms with E-state index < -0.39 is 12.0 Å². The highest BCUT2D eigenvalue weighted by Gasteiger charge is 2.42. The molecule has 0 saturated carbocycles. The maximum Gasteiger partial charge on any atom is 0.327 e. The molecule has 3 rings (SSSR count). The van der Waals surface area contributed by atoms with Gasteiger partial charge in [0.05, 0.1) is 4.91 Å². The largest absolute Gasteiger partial charge is 0.480 e. The highest BCUT2D eigenvalue weighted by molar-refractivity contribution is 8.26. The Kier molecular flexibility index (Phi) is 7.25. The lowest BCUT2D eigenvalue weighted by Gasteiger charge is -2.27. The second-order valence-corrected chi connectivity index (χ2v) is 10.8. The van der Waals surface area contributed by atoms with E-state index in [1.54, 1.807) is 6.08 Å². The molecule has 1 fully saturated rings. The van der Waals surface area contributed by atoms with Crippen molar-refractivity contribution in [2.45, 2.75) is 52.5 Å². The maximum absolute atomic E-state index is 13.0. The van der Waals surface area contributed by atoms with Crippen molar-refractivity contribution in [3.05, 3.63) is 64.6 Å². The Hall–Kier alpha value is -2.44. The summed E-state index contributed by atoms with van der Waals surface area (Å²) < 4.78 is 0.296. The van der Waals surface area contributed by atoms with Gasteiger partial charge in [-0.05, 0) is 39.7 Å². The van der Waals surface area contributed by atoms with E-state index in [9.17, 15) is 14.7 Å². The molecule has 32 heavy (non-hydrogen) atoms. The SMILES string of the molecule is CC[C@@H](C)[C@@H](C(=O)O)N1C(=O)/C(=C/c2ccc(-c3ccc(C(C)(C)C)cc3)cc2)SC1=S. The van der Waals surface area contributed by atoms with Gasteiger partial charge >= 0.3 is 5.97 Å². The van der Waals surface area contributed by atoms with Crippen LogP contribution in [0.3, 0.4) is 0 Å². The fourth-order valence-corrected chi connectivity index (χ4v) is 4.97. The lowest BCUT2D eigenvalue weighted by atomic mass is 9.86. The molecule has 0 unspecified atom stereocenters. The van der Waals surface area contributed by atoms with E-state index in [4.69, 9.17) is 12.2 Å². The first-order chi connectivity index (χ1) is 15.0. The number of rotatable bonds is 6. The molecule has 168 valence electrons. The number of aliphatic carboxylic acids is 1. The van der Waals surface area contributed by atoms with Crippen LogP contribution in [-0.2, 0) is 15.0 Å². The molecule has 1 heterocycles. The zero-order valence-corrected chi connectivity index (χ0v) is 20.7. The van der Waals surface area contributed by atoms with Crippen LogP contribution in [0.15, 0.2) is 53.4 Å². The van der Waals surface area contributed by atoms with Gasteiger partial charge in [0, 0.05) is 0 Å². The summed E-state index contributed by atoms with van der Waals surface area (Å²) in [5.74, 6) is -1.56. The molecule has 2 aromatic rings. The van der Waals surface area contributed by atoms with Crippen molar-refractivity contribution in [1.29, 1.82) is 0 Å². The van der Waals surface area contributed by atoms with Crippen LogP contribution in [0.25, 0.3) is 17.2 Å². The van der Waals surface area contributed by atoms with Crippen LogP contribution in [-0.4, -0.2) is 32.2 Å². The number of amides is 1. The van der Waals surface area contributed by atoms with Crippen LogP contribution in [0.1, 0.15) is 52.2 Å². The van der Waals surface area contributed by atoms with Gasteiger partial charge in [0.1, 0.15) is 10.4 Å². The predicted molar refractivity (Wildman–Crippen MR) is 136 cm³/mol. The molecule has 0 spiro atoms. The molecule has 2 aromatic carbocycles. The Labute approximate surface area is 199 Å².